The monoisotopic (exact) mass is 200 g/mol. The van der Waals surface area contributed by atoms with Crippen molar-refractivity contribution in [2.45, 2.75) is 46.0 Å². The molecular weight excluding hydrogens is 172 g/mol. The van der Waals surface area contributed by atoms with Crippen LogP contribution >= 0.6 is 0 Å². The highest BCUT2D eigenvalue weighted by Gasteiger charge is 1.99. The molecule has 0 fully saturated rings. The van der Waals surface area contributed by atoms with Gasteiger partial charge < -0.3 is 10.6 Å². The summed E-state index contributed by atoms with van der Waals surface area (Å²) in [5.74, 6) is 0.848. The third-order valence-electron chi connectivity index (χ3n) is 2.57. The van der Waals surface area contributed by atoms with Crippen molar-refractivity contribution in [1.82, 2.24) is 4.90 Å². The van der Waals surface area contributed by atoms with Gasteiger partial charge >= 0.3 is 0 Å². The van der Waals surface area contributed by atoms with Crippen LogP contribution in [0, 0.1) is 5.92 Å². The lowest BCUT2D eigenvalue weighted by Gasteiger charge is -2.16. The van der Waals surface area contributed by atoms with E-state index in [-0.39, 0.29) is 0 Å². The van der Waals surface area contributed by atoms with Gasteiger partial charge in [0.25, 0.3) is 0 Å². The second kappa shape index (κ2) is 9.47. The SMILES string of the molecule is CC(C)CCCN(C)CCCCCN. The summed E-state index contributed by atoms with van der Waals surface area (Å²) in [6, 6.07) is 0. The van der Waals surface area contributed by atoms with E-state index in [1.54, 1.807) is 0 Å². The molecule has 0 heterocycles. The molecule has 0 unspecified atom stereocenters. The average Bonchev–Trinajstić information content (AvgIpc) is 2.12. The molecular formula is C12H28N2. The molecule has 0 rings (SSSR count). The molecule has 0 aromatic heterocycles. The molecule has 0 aliphatic carbocycles. The molecule has 0 amide bonds. The van der Waals surface area contributed by atoms with Crippen molar-refractivity contribution >= 4 is 0 Å². The third kappa shape index (κ3) is 10.0. The topological polar surface area (TPSA) is 29.3 Å². The molecule has 0 atom stereocenters. The summed E-state index contributed by atoms with van der Waals surface area (Å²) in [7, 11) is 2.22. The summed E-state index contributed by atoms with van der Waals surface area (Å²) in [6.45, 7) is 7.92. The maximum absolute atomic E-state index is 5.45. The molecule has 0 aliphatic rings. The molecule has 2 nitrogen and oxygen atoms in total. The van der Waals surface area contributed by atoms with Crippen molar-refractivity contribution in [3.05, 3.63) is 0 Å². The Labute approximate surface area is 89.9 Å². The predicted octanol–water partition coefficient (Wildman–Crippen LogP) is 2.48. The van der Waals surface area contributed by atoms with Crippen molar-refractivity contribution in [3.8, 4) is 0 Å². The lowest BCUT2D eigenvalue weighted by atomic mass is 10.1. The molecule has 0 radical (unpaired) electrons. The first-order chi connectivity index (χ1) is 6.66. The van der Waals surface area contributed by atoms with Gasteiger partial charge in [-0.05, 0) is 58.3 Å². The van der Waals surface area contributed by atoms with Gasteiger partial charge in [0.1, 0.15) is 0 Å². The van der Waals surface area contributed by atoms with Crippen LogP contribution in [-0.2, 0) is 0 Å². The second-order valence-electron chi connectivity index (χ2n) is 4.69. The number of hydrogen-bond donors (Lipinski definition) is 1. The van der Waals surface area contributed by atoms with Crippen LogP contribution in [0.3, 0.4) is 0 Å². The molecule has 0 aromatic carbocycles. The number of rotatable bonds is 9. The fourth-order valence-corrected chi connectivity index (χ4v) is 1.58. The van der Waals surface area contributed by atoms with Crippen LogP contribution in [-0.4, -0.2) is 31.6 Å². The Kier molecular flexibility index (Phi) is 9.42. The minimum Gasteiger partial charge on any atom is -0.330 e. The number of hydrogen-bond acceptors (Lipinski definition) is 2. The number of nitrogens with two attached hydrogens (primary N) is 1. The Bertz CT molecular complexity index is 113. The fourth-order valence-electron chi connectivity index (χ4n) is 1.58. The van der Waals surface area contributed by atoms with Crippen molar-refractivity contribution < 1.29 is 0 Å². The van der Waals surface area contributed by atoms with Crippen molar-refractivity contribution in [2.75, 3.05) is 26.7 Å². The van der Waals surface area contributed by atoms with Crippen LogP contribution in [0.4, 0.5) is 0 Å². The summed E-state index contributed by atoms with van der Waals surface area (Å²) in [5.41, 5.74) is 5.45. The maximum Gasteiger partial charge on any atom is -0.00217 e. The van der Waals surface area contributed by atoms with E-state index in [1.165, 1.54) is 45.2 Å². The highest BCUT2D eigenvalue weighted by atomic mass is 15.1. The van der Waals surface area contributed by atoms with Gasteiger partial charge in [-0.2, -0.15) is 0 Å². The lowest BCUT2D eigenvalue weighted by molar-refractivity contribution is 0.310. The Morgan fingerprint density at radius 1 is 1.00 bits per heavy atom. The maximum atomic E-state index is 5.45. The average molecular weight is 200 g/mol. The van der Waals surface area contributed by atoms with Gasteiger partial charge in [0.15, 0.2) is 0 Å². The molecule has 0 spiro atoms. The van der Waals surface area contributed by atoms with E-state index < -0.39 is 0 Å². The smallest absolute Gasteiger partial charge is 0.00217 e. The number of nitrogens with zero attached hydrogens (tertiary/aromatic N) is 1. The van der Waals surface area contributed by atoms with E-state index in [2.05, 4.69) is 25.8 Å². The second-order valence-corrected chi connectivity index (χ2v) is 4.69. The van der Waals surface area contributed by atoms with E-state index in [0.717, 1.165) is 12.5 Å². The first-order valence-electron chi connectivity index (χ1n) is 6.05. The lowest BCUT2D eigenvalue weighted by Crippen LogP contribution is -2.21. The largest absolute Gasteiger partial charge is 0.330 e. The van der Waals surface area contributed by atoms with Crippen LogP contribution in [0.2, 0.25) is 0 Å². The summed E-state index contributed by atoms with van der Waals surface area (Å²) in [4.78, 5) is 2.44. The molecule has 86 valence electrons. The van der Waals surface area contributed by atoms with Gasteiger partial charge in [-0.1, -0.05) is 20.3 Å². The molecule has 0 bridgehead atoms. The van der Waals surface area contributed by atoms with Gasteiger partial charge in [-0.25, -0.2) is 0 Å². The Balaban J connectivity index is 3.15. The first kappa shape index (κ1) is 13.9. The zero-order chi connectivity index (χ0) is 10.8. The van der Waals surface area contributed by atoms with Crippen molar-refractivity contribution in [1.29, 1.82) is 0 Å². The van der Waals surface area contributed by atoms with Crippen LogP contribution < -0.4 is 5.73 Å². The molecule has 0 aliphatic heterocycles. The predicted molar refractivity (Wildman–Crippen MR) is 64.5 cm³/mol. The first-order valence-corrected chi connectivity index (χ1v) is 6.05. The number of unbranched alkanes of at least 4 members (excludes halogenated alkanes) is 2. The van der Waals surface area contributed by atoms with Gasteiger partial charge in [0, 0.05) is 0 Å². The van der Waals surface area contributed by atoms with E-state index in [0.29, 0.717) is 0 Å². The minimum atomic E-state index is 0.844. The zero-order valence-corrected chi connectivity index (χ0v) is 10.3. The van der Waals surface area contributed by atoms with Crippen LogP contribution in [0.5, 0.6) is 0 Å². The summed E-state index contributed by atoms with van der Waals surface area (Å²) in [6.07, 6.45) is 6.46. The van der Waals surface area contributed by atoms with Gasteiger partial charge in [-0.3, -0.25) is 0 Å². The summed E-state index contributed by atoms with van der Waals surface area (Å²) >= 11 is 0. The van der Waals surface area contributed by atoms with Crippen molar-refractivity contribution in [3.63, 3.8) is 0 Å². The Morgan fingerprint density at radius 2 is 1.64 bits per heavy atom. The van der Waals surface area contributed by atoms with Gasteiger partial charge in [0.2, 0.25) is 0 Å². The molecule has 2 heteroatoms. The zero-order valence-electron chi connectivity index (χ0n) is 10.3. The third-order valence-corrected chi connectivity index (χ3v) is 2.57. The minimum absolute atomic E-state index is 0.844. The van der Waals surface area contributed by atoms with E-state index >= 15 is 0 Å². The fraction of sp³-hybridized carbons (Fsp3) is 1.00. The normalized spacial score (nSPS) is 11.6. The van der Waals surface area contributed by atoms with E-state index in [4.69, 9.17) is 5.73 Å². The van der Waals surface area contributed by atoms with E-state index in [1.807, 2.05) is 0 Å². The highest BCUT2D eigenvalue weighted by molar-refractivity contribution is 4.54. The summed E-state index contributed by atoms with van der Waals surface area (Å²) < 4.78 is 0. The molecule has 0 saturated heterocycles. The van der Waals surface area contributed by atoms with Crippen LogP contribution in [0.25, 0.3) is 0 Å². The molecule has 2 N–H and O–H groups in total. The quantitative estimate of drug-likeness (QED) is 0.579. The Morgan fingerprint density at radius 3 is 2.21 bits per heavy atom. The van der Waals surface area contributed by atoms with Crippen LogP contribution in [0.1, 0.15) is 46.0 Å². The molecule has 0 aromatic rings. The van der Waals surface area contributed by atoms with Gasteiger partial charge in [0.05, 0.1) is 0 Å². The van der Waals surface area contributed by atoms with Gasteiger partial charge in [-0.15, -0.1) is 0 Å². The molecule has 0 saturated carbocycles. The summed E-state index contributed by atoms with van der Waals surface area (Å²) in [5, 5.41) is 0. The molecule has 14 heavy (non-hydrogen) atoms. The standard InChI is InChI=1S/C12H28N2/c1-12(2)8-7-11-14(3)10-6-4-5-9-13/h12H,4-11,13H2,1-3H3. The van der Waals surface area contributed by atoms with E-state index in [9.17, 15) is 0 Å². The van der Waals surface area contributed by atoms with Crippen LogP contribution in [0.15, 0.2) is 0 Å². The Hall–Kier alpha value is -0.0800. The van der Waals surface area contributed by atoms with Crippen molar-refractivity contribution in [2.24, 2.45) is 11.7 Å². The highest BCUT2D eigenvalue weighted by Crippen LogP contribution is 2.04.